The second-order valence-corrected chi connectivity index (χ2v) is 5.28. The fourth-order valence-electron chi connectivity index (χ4n) is 1.93. The van der Waals surface area contributed by atoms with Gasteiger partial charge in [0.15, 0.2) is 0 Å². The van der Waals surface area contributed by atoms with Crippen LogP contribution < -0.4 is 5.32 Å². The van der Waals surface area contributed by atoms with E-state index in [4.69, 9.17) is 0 Å². The third-order valence-corrected chi connectivity index (χ3v) is 4.08. The number of nitrogens with zero attached hydrogens (tertiary/aromatic N) is 2. The van der Waals surface area contributed by atoms with Crippen molar-refractivity contribution < 1.29 is 0 Å². The van der Waals surface area contributed by atoms with Crippen LogP contribution in [0.3, 0.4) is 0 Å². The zero-order valence-electron chi connectivity index (χ0n) is 10.1. The van der Waals surface area contributed by atoms with E-state index in [9.17, 15) is 5.26 Å². The molecule has 1 aliphatic rings. The Hall–Kier alpha value is -2.25. The molecule has 1 N–H and O–H groups in total. The smallest absolute Gasteiger partial charge is 0.113 e. The summed E-state index contributed by atoms with van der Waals surface area (Å²) in [5.41, 5.74) is 2.80. The van der Waals surface area contributed by atoms with Crippen molar-refractivity contribution in [1.29, 1.82) is 5.26 Å². The number of benzene rings is 1. The third kappa shape index (κ3) is 2.47. The summed E-state index contributed by atoms with van der Waals surface area (Å²) in [5, 5.41) is 12.7. The average molecular weight is 265 g/mol. The highest BCUT2D eigenvalue weighted by Crippen LogP contribution is 2.40. The molecule has 92 valence electrons. The molecule has 1 unspecified atom stereocenters. The minimum Gasteiger partial charge on any atom is -0.368 e. The predicted molar refractivity (Wildman–Crippen MR) is 77.5 cm³/mol. The van der Waals surface area contributed by atoms with E-state index in [0.717, 1.165) is 11.3 Å². The van der Waals surface area contributed by atoms with Gasteiger partial charge in [0, 0.05) is 23.0 Å². The number of rotatable bonds is 2. The first kappa shape index (κ1) is 11.8. The molecule has 1 aliphatic heterocycles. The number of anilines is 1. The van der Waals surface area contributed by atoms with Crippen molar-refractivity contribution in [1.82, 2.24) is 4.98 Å². The topological polar surface area (TPSA) is 48.7 Å². The van der Waals surface area contributed by atoms with Crippen LogP contribution in [0.4, 0.5) is 5.69 Å². The van der Waals surface area contributed by atoms with E-state index in [2.05, 4.69) is 22.4 Å². The van der Waals surface area contributed by atoms with Crippen LogP contribution in [0, 0.1) is 11.3 Å². The number of thioether (sulfide) groups is 1. The standard InChI is InChI=1S/C15H11N3S/c16-10-12(9-11-5-7-17-8-6-11)15-18-13-3-1-2-4-14(13)19-15/h1-9,15,18H/b12-9+. The minimum atomic E-state index is -0.0180. The van der Waals surface area contributed by atoms with Gasteiger partial charge in [-0.2, -0.15) is 5.26 Å². The van der Waals surface area contributed by atoms with Crippen molar-refractivity contribution in [3.63, 3.8) is 0 Å². The van der Waals surface area contributed by atoms with Gasteiger partial charge < -0.3 is 5.32 Å². The quantitative estimate of drug-likeness (QED) is 0.844. The van der Waals surface area contributed by atoms with E-state index in [-0.39, 0.29) is 5.37 Å². The van der Waals surface area contributed by atoms with Crippen LogP contribution in [0.5, 0.6) is 0 Å². The van der Waals surface area contributed by atoms with Gasteiger partial charge in [0.1, 0.15) is 5.37 Å². The van der Waals surface area contributed by atoms with E-state index in [0.29, 0.717) is 5.57 Å². The molecule has 2 heterocycles. The number of aromatic nitrogens is 1. The van der Waals surface area contributed by atoms with Crippen molar-refractivity contribution in [2.45, 2.75) is 10.3 Å². The third-order valence-electron chi connectivity index (χ3n) is 2.86. The Morgan fingerprint density at radius 1 is 1.26 bits per heavy atom. The highest BCUT2D eigenvalue weighted by molar-refractivity contribution is 8.00. The Bertz CT molecular complexity index is 634. The summed E-state index contributed by atoms with van der Waals surface area (Å²) in [5.74, 6) is 0. The molecule has 0 amide bonds. The normalized spacial score (nSPS) is 17.4. The van der Waals surface area contributed by atoms with Crippen LogP contribution in [0.2, 0.25) is 0 Å². The second kappa shape index (κ2) is 5.17. The van der Waals surface area contributed by atoms with E-state index < -0.39 is 0 Å². The number of hydrogen-bond acceptors (Lipinski definition) is 4. The maximum absolute atomic E-state index is 9.34. The summed E-state index contributed by atoms with van der Waals surface area (Å²) >= 11 is 1.67. The number of fused-ring (bicyclic) bond motifs is 1. The molecule has 3 nitrogen and oxygen atoms in total. The van der Waals surface area contributed by atoms with E-state index in [1.807, 2.05) is 36.4 Å². The van der Waals surface area contributed by atoms with Crippen molar-refractivity contribution in [3.8, 4) is 6.07 Å². The first-order valence-electron chi connectivity index (χ1n) is 5.91. The maximum atomic E-state index is 9.34. The molecule has 3 rings (SSSR count). The molecule has 4 heteroatoms. The lowest BCUT2D eigenvalue weighted by molar-refractivity contribution is 1.21. The number of para-hydroxylation sites is 1. The van der Waals surface area contributed by atoms with Gasteiger partial charge in [-0.1, -0.05) is 23.9 Å². The molecule has 0 saturated heterocycles. The summed E-state index contributed by atoms with van der Waals surface area (Å²) < 4.78 is 0. The predicted octanol–water partition coefficient (Wildman–Crippen LogP) is 3.53. The van der Waals surface area contributed by atoms with Gasteiger partial charge in [-0.3, -0.25) is 4.98 Å². The lowest BCUT2D eigenvalue weighted by Crippen LogP contribution is -2.12. The zero-order chi connectivity index (χ0) is 13.1. The van der Waals surface area contributed by atoms with Crippen molar-refractivity contribution in [3.05, 3.63) is 59.9 Å². The SMILES string of the molecule is N#C/C(=C\c1ccncc1)C1Nc2ccccc2S1. The zero-order valence-corrected chi connectivity index (χ0v) is 10.9. The number of nitrogens with one attached hydrogen (secondary N) is 1. The lowest BCUT2D eigenvalue weighted by atomic mass is 10.1. The van der Waals surface area contributed by atoms with E-state index in [1.54, 1.807) is 24.2 Å². The van der Waals surface area contributed by atoms with Crippen molar-refractivity contribution in [2.75, 3.05) is 5.32 Å². The Balaban J connectivity index is 1.87. The fourth-order valence-corrected chi connectivity index (χ4v) is 3.03. The molecule has 0 bridgehead atoms. The molecule has 0 fully saturated rings. The number of pyridine rings is 1. The molecule has 0 spiro atoms. The van der Waals surface area contributed by atoms with E-state index >= 15 is 0 Å². The van der Waals surface area contributed by atoms with Crippen molar-refractivity contribution >= 4 is 23.5 Å². The van der Waals surface area contributed by atoms with Crippen LogP contribution in [0.25, 0.3) is 6.08 Å². The second-order valence-electron chi connectivity index (χ2n) is 4.13. The van der Waals surface area contributed by atoms with E-state index in [1.165, 1.54) is 4.90 Å². The molecule has 0 saturated carbocycles. The summed E-state index contributed by atoms with van der Waals surface area (Å²) in [7, 11) is 0. The highest BCUT2D eigenvalue weighted by atomic mass is 32.2. The summed E-state index contributed by atoms with van der Waals surface area (Å²) in [6, 6.07) is 14.2. The number of nitriles is 1. The molecule has 1 aromatic heterocycles. The van der Waals surface area contributed by atoms with Crippen LogP contribution >= 0.6 is 11.8 Å². The lowest BCUT2D eigenvalue weighted by Gasteiger charge is -2.08. The molecular weight excluding hydrogens is 254 g/mol. The Morgan fingerprint density at radius 2 is 2.05 bits per heavy atom. The summed E-state index contributed by atoms with van der Waals surface area (Å²) in [4.78, 5) is 5.16. The van der Waals surface area contributed by atoms with Crippen LogP contribution in [0.15, 0.2) is 59.3 Å². The fraction of sp³-hybridized carbons (Fsp3) is 0.0667. The Labute approximate surface area is 116 Å². The summed E-state index contributed by atoms with van der Waals surface area (Å²) in [6.45, 7) is 0. The maximum Gasteiger partial charge on any atom is 0.113 e. The molecule has 2 aromatic rings. The average Bonchev–Trinajstić information content (AvgIpc) is 2.89. The largest absolute Gasteiger partial charge is 0.368 e. The molecule has 0 aliphatic carbocycles. The molecule has 1 atom stereocenters. The van der Waals surface area contributed by atoms with Gasteiger partial charge in [-0.25, -0.2) is 0 Å². The van der Waals surface area contributed by atoms with Crippen LogP contribution in [0.1, 0.15) is 5.56 Å². The van der Waals surface area contributed by atoms with Crippen molar-refractivity contribution in [2.24, 2.45) is 0 Å². The van der Waals surface area contributed by atoms with Gasteiger partial charge in [0.05, 0.1) is 11.6 Å². The summed E-state index contributed by atoms with van der Waals surface area (Å²) in [6.07, 6.45) is 5.35. The van der Waals surface area contributed by atoms with Gasteiger partial charge >= 0.3 is 0 Å². The Kier molecular flexibility index (Phi) is 3.21. The van der Waals surface area contributed by atoms with Gasteiger partial charge in [-0.15, -0.1) is 0 Å². The van der Waals surface area contributed by atoms with Crippen LogP contribution in [-0.2, 0) is 0 Å². The van der Waals surface area contributed by atoms with Gasteiger partial charge in [-0.05, 0) is 35.9 Å². The molecule has 0 radical (unpaired) electrons. The highest BCUT2D eigenvalue weighted by Gasteiger charge is 2.24. The monoisotopic (exact) mass is 265 g/mol. The number of hydrogen-bond donors (Lipinski definition) is 1. The first-order chi connectivity index (χ1) is 9.36. The van der Waals surface area contributed by atoms with Crippen LogP contribution in [-0.4, -0.2) is 10.4 Å². The molecular formula is C15H11N3S. The first-order valence-corrected chi connectivity index (χ1v) is 6.79. The molecule has 1 aromatic carbocycles. The Morgan fingerprint density at radius 3 is 2.79 bits per heavy atom. The van der Waals surface area contributed by atoms with Gasteiger partial charge in [0.2, 0.25) is 0 Å². The van der Waals surface area contributed by atoms with Gasteiger partial charge in [0.25, 0.3) is 0 Å². The molecule has 19 heavy (non-hydrogen) atoms. The minimum absolute atomic E-state index is 0.0180.